The van der Waals surface area contributed by atoms with Crippen molar-refractivity contribution in [2.45, 2.75) is 0 Å². The Morgan fingerprint density at radius 1 is 1.22 bits per heavy atom. The maximum Gasteiger partial charge on any atom is 1.00 e. The molecule has 0 aliphatic heterocycles. The van der Waals surface area contributed by atoms with Crippen LogP contribution in [0.3, 0.4) is 0 Å². The molecule has 0 aliphatic rings. The third-order valence-electron chi connectivity index (χ3n) is 0. The second-order valence-electron chi connectivity index (χ2n) is 0.428. The van der Waals surface area contributed by atoms with E-state index in [0.717, 1.165) is 0 Å². The van der Waals surface area contributed by atoms with E-state index in [9.17, 15) is 0 Å². The molecule has 0 atom stereocenters. The predicted molar refractivity (Wildman–Crippen MR) is 21.5 cm³/mol. The Morgan fingerprint density at radius 2 is 1.22 bits per heavy atom. The standard InChI is InChI=1S/ClH.2Na.H2O4S.H2O/c;;;1-5(2,3)4;/h1H;;;(H2,1,2,3,4);1H2/q;2*+1;;/p-2. The van der Waals surface area contributed by atoms with Gasteiger partial charge in [0, 0.05) is 0 Å². The smallest absolute Gasteiger partial charge is 0.870 e. The van der Waals surface area contributed by atoms with Crippen molar-refractivity contribution >= 4 is 22.8 Å². The van der Waals surface area contributed by atoms with Gasteiger partial charge in [0.25, 0.3) is 0 Å². The van der Waals surface area contributed by atoms with Crippen molar-refractivity contribution in [2.24, 2.45) is 0 Å². The van der Waals surface area contributed by atoms with Crippen molar-refractivity contribution in [1.29, 1.82) is 0 Å². The van der Waals surface area contributed by atoms with Gasteiger partial charge in [0.05, 0.1) is 0 Å². The van der Waals surface area contributed by atoms with E-state index >= 15 is 0 Å². The zero-order valence-corrected chi connectivity index (χ0v) is 10.6. The summed E-state index contributed by atoms with van der Waals surface area (Å²) in [6.07, 6.45) is 0. The van der Waals surface area contributed by atoms with Gasteiger partial charge in [-0.15, -0.1) is 12.4 Å². The summed E-state index contributed by atoms with van der Waals surface area (Å²) in [5.41, 5.74) is 0. The Balaban J connectivity index is -0.0000000133. The summed E-state index contributed by atoms with van der Waals surface area (Å²) in [4.78, 5) is 0. The maximum atomic E-state index is 8.63. The van der Waals surface area contributed by atoms with E-state index in [1.54, 1.807) is 0 Å². The monoisotopic (exact) mass is 196 g/mol. The van der Waals surface area contributed by atoms with Crippen LogP contribution >= 0.6 is 12.4 Å². The van der Waals surface area contributed by atoms with Crippen LogP contribution in [-0.4, -0.2) is 23.0 Å². The number of hydrogen-bond donors (Lipinski definition) is 1. The summed E-state index contributed by atoms with van der Waals surface area (Å²) in [6, 6.07) is 0. The van der Waals surface area contributed by atoms with Gasteiger partial charge in [-0.05, 0) is 0 Å². The minimum atomic E-state index is -4.92. The van der Waals surface area contributed by atoms with Crippen molar-refractivity contribution in [3.8, 4) is 0 Å². The van der Waals surface area contributed by atoms with Crippen LogP contribution in [0.25, 0.3) is 0 Å². The Morgan fingerprint density at radius 3 is 1.22 bits per heavy atom. The molecule has 0 radical (unpaired) electrons. The van der Waals surface area contributed by atoms with Gasteiger partial charge in [0.2, 0.25) is 10.4 Å². The zero-order chi connectivity index (χ0) is 4.50. The van der Waals surface area contributed by atoms with Crippen LogP contribution in [0.4, 0.5) is 0 Å². The molecule has 0 fully saturated rings. The van der Waals surface area contributed by atoms with Crippen molar-refractivity contribution in [1.82, 2.24) is 0 Å². The molecule has 0 amide bonds. The van der Waals surface area contributed by atoms with E-state index in [2.05, 4.69) is 0 Å². The third kappa shape index (κ3) is 148. The molecule has 9 heteroatoms. The van der Waals surface area contributed by atoms with Crippen molar-refractivity contribution in [3.05, 3.63) is 0 Å². The first-order valence-electron chi connectivity index (χ1n) is 0.683. The summed E-state index contributed by atoms with van der Waals surface area (Å²) in [7, 11) is -4.92. The second-order valence-corrected chi connectivity index (χ2v) is 1.28. The summed E-state index contributed by atoms with van der Waals surface area (Å²) >= 11 is 0. The van der Waals surface area contributed by atoms with E-state index in [1.165, 1.54) is 0 Å². The van der Waals surface area contributed by atoms with Gasteiger partial charge >= 0.3 is 59.1 Å². The minimum Gasteiger partial charge on any atom is -0.870 e. The molecule has 0 saturated carbocycles. The van der Waals surface area contributed by atoms with Crippen LogP contribution in [0.1, 0.15) is 0 Å². The SMILES string of the molecule is Cl.O=S(=O)([O-])O.[Na+].[Na+].[OH-]. The first-order chi connectivity index (χ1) is 2.00. The fourth-order valence-electron chi connectivity index (χ4n) is 0. The van der Waals surface area contributed by atoms with Crippen molar-refractivity contribution in [3.63, 3.8) is 0 Å². The van der Waals surface area contributed by atoms with Crippen molar-refractivity contribution in [2.75, 3.05) is 0 Å². The van der Waals surface area contributed by atoms with Crippen LogP contribution in [0.2, 0.25) is 0 Å². The molecule has 0 heterocycles. The molecule has 5 nitrogen and oxygen atoms in total. The van der Waals surface area contributed by atoms with Crippen LogP contribution in [0.5, 0.6) is 0 Å². The third-order valence-corrected chi connectivity index (χ3v) is 0. The molecule has 0 aromatic rings. The fraction of sp³-hybridized carbons (Fsp3) is 0. The molecule has 0 unspecified atom stereocenters. The van der Waals surface area contributed by atoms with Gasteiger partial charge in [-0.2, -0.15) is 0 Å². The minimum absolute atomic E-state index is 0. The molecule has 2 N–H and O–H groups in total. The van der Waals surface area contributed by atoms with Crippen molar-refractivity contribution < 1.29 is 82.1 Å². The van der Waals surface area contributed by atoms with Crippen LogP contribution in [0.15, 0.2) is 0 Å². The quantitative estimate of drug-likeness (QED) is 0.235. The van der Waals surface area contributed by atoms with E-state index in [1.807, 2.05) is 0 Å². The van der Waals surface area contributed by atoms with Gasteiger partial charge in [0.1, 0.15) is 0 Å². The number of hydrogen-bond acceptors (Lipinski definition) is 4. The Bertz CT molecular complexity index is 98.1. The van der Waals surface area contributed by atoms with E-state index < -0.39 is 10.4 Å². The van der Waals surface area contributed by atoms with E-state index in [0.29, 0.717) is 0 Å². The van der Waals surface area contributed by atoms with Gasteiger partial charge in [-0.25, -0.2) is 8.42 Å². The summed E-state index contributed by atoms with van der Waals surface area (Å²) in [5.74, 6) is 0. The maximum absolute atomic E-state index is 8.63. The molecule has 0 saturated heterocycles. The molecule has 0 rings (SSSR count). The molecular formula is H3ClNa2O5S. The second kappa shape index (κ2) is 12.8. The molecule has 48 valence electrons. The van der Waals surface area contributed by atoms with E-state index in [4.69, 9.17) is 17.5 Å². The summed E-state index contributed by atoms with van der Waals surface area (Å²) in [6.45, 7) is 0. The molecule has 0 aromatic carbocycles. The van der Waals surface area contributed by atoms with Gasteiger partial charge in [-0.3, -0.25) is 4.55 Å². The Labute approximate surface area is 103 Å². The van der Waals surface area contributed by atoms with Crippen LogP contribution in [-0.2, 0) is 10.4 Å². The molecule has 0 spiro atoms. The summed E-state index contributed by atoms with van der Waals surface area (Å²) < 4.78 is 32.8. The molecule has 0 aliphatic carbocycles. The fourth-order valence-corrected chi connectivity index (χ4v) is 0. The van der Waals surface area contributed by atoms with E-state index in [-0.39, 0.29) is 77.0 Å². The molecule has 9 heavy (non-hydrogen) atoms. The first kappa shape index (κ1) is 30.4. The molecular weight excluding hydrogens is 193 g/mol. The Hall–Kier alpha value is 2.12. The molecule has 0 aromatic heterocycles. The predicted octanol–water partition coefficient (Wildman–Crippen LogP) is -6.74. The number of halogens is 1. The Kier molecular flexibility index (Phi) is 43.1. The first-order valence-corrected chi connectivity index (χ1v) is 2.05. The normalized spacial score (nSPS) is 6.44. The zero-order valence-electron chi connectivity index (χ0n) is 4.94. The molecule has 0 bridgehead atoms. The topological polar surface area (TPSA) is 107 Å². The average molecular weight is 197 g/mol. The van der Waals surface area contributed by atoms with Gasteiger partial charge in [-0.1, -0.05) is 0 Å². The van der Waals surface area contributed by atoms with Crippen LogP contribution in [0, 0.1) is 0 Å². The van der Waals surface area contributed by atoms with Crippen LogP contribution < -0.4 is 59.1 Å². The average Bonchev–Trinajstić information content (AvgIpc) is 0.722. The largest absolute Gasteiger partial charge is 1.00 e. The van der Waals surface area contributed by atoms with Gasteiger partial charge < -0.3 is 10.0 Å². The van der Waals surface area contributed by atoms with Gasteiger partial charge in [0.15, 0.2) is 0 Å². The summed E-state index contributed by atoms with van der Waals surface area (Å²) in [5, 5.41) is 0. The number of rotatable bonds is 0.